The Hall–Kier alpha value is -4.11. The Labute approximate surface area is 196 Å². The first-order valence-electron chi connectivity index (χ1n) is 10.9. The number of aliphatic hydroxyl groups excluding tert-OH is 1. The van der Waals surface area contributed by atoms with Gasteiger partial charge in [0.1, 0.15) is 0 Å². The van der Waals surface area contributed by atoms with Crippen LogP contribution < -0.4 is 10.6 Å². The Morgan fingerprint density at radius 2 is 1.94 bits per heavy atom. The summed E-state index contributed by atoms with van der Waals surface area (Å²) in [6, 6.07) is 17.9. The van der Waals surface area contributed by atoms with Gasteiger partial charge in [-0.15, -0.1) is 10.2 Å². The van der Waals surface area contributed by atoms with E-state index in [1.165, 1.54) is 6.20 Å². The number of benzene rings is 2. The van der Waals surface area contributed by atoms with Gasteiger partial charge < -0.3 is 20.3 Å². The lowest BCUT2D eigenvalue weighted by molar-refractivity contribution is 0.0930. The number of hydrogen-bond acceptors (Lipinski definition) is 6. The predicted octanol–water partition coefficient (Wildman–Crippen LogP) is 3.48. The van der Waals surface area contributed by atoms with E-state index in [-0.39, 0.29) is 18.6 Å². The minimum absolute atomic E-state index is 0.0372. The van der Waals surface area contributed by atoms with E-state index < -0.39 is 5.82 Å². The van der Waals surface area contributed by atoms with E-state index in [0.29, 0.717) is 35.7 Å². The fraction of sp³-hybridized carbons (Fsp3) is 0.200. The number of pyridine rings is 1. The molecule has 3 N–H and O–H groups in total. The van der Waals surface area contributed by atoms with Gasteiger partial charge in [0.2, 0.25) is 0 Å². The Bertz CT molecular complexity index is 1260. The van der Waals surface area contributed by atoms with E-state index in [2.05, 4.69) is 25.8 Å². The molecule has 4 rings (SSSR count). The molecule has 4 aromatic rings. The standard InChI is InChI=1S/C25H25FN6O2/c1-32-23(30-31-24(32)20-10-12-27-15-21(20)26)16-28-19-9-5-8-18(14-19)25(34)29-22(11-13-33)17-6-3-2-4-7-17/h2-10,12,14-15,22,28,33H,11,13,16H2,1H3,(H,29,34)/t22-/m1/s1. The third-order valence-electron chi connectivity index (χ3n) is 5.48. The second-order valence-electron chi connectivity index (χ2n) is 7.74. The molecule has 174 valence electrons. The number of hydrogen-bond donors (Lipinski definition) is 3. The highest BCUT2D eigenvalue weighted by molar-refractivity contribution is 5.95. The van der Waals surface area contributed by atoms with Gasteiger partial charge in [0, 0.05) is 31.1 Å². The minimum Gasteiger partial charge on any atom is -0.396 e. The molecule has 2 heterocycles. The van der Waals surface area contributed by atoms with Crippen molar-refractivity contribution < 1.29 is 14.3 Å². The van der Waals surface area contributed by atoms with Crippen LogP contribution in [0.15, 0.2) is 73.1 Å². The van der Waals surface area contributed by atoms with Gasteiger partial charge in [-0.3, -0.25) is 9.78 Å². The lowest BCUT2D eigenvalue weighted by Crippen LogP contribution is -2.29. The van der Waals surface area contributed by atoms with Crippen molar-refractivity contribution in [2.45, 2.75) is 19.0 Å². The quantitative estimate of drug-likeness (QED) is 0.353. The molecular formula is C25H25FN6O2. The number of aromatic nitrogens is 4. The molecular weight excluding hydrogens is 435 g/mol. The Kier molecular flexibility index (Phi) is 7.24. The van der Waals surface area contributed by atoms with Crippen molar-refractivity contribution in [2.24, 2.45) is 7.05 Å². The number of amides is 1. The largest absolute Gasteiger partial charge is 0.396 e. The minimum atomic E-state index is -0.466. The fourth-order valence-electron chi connectivity index (χ4n) is 3.64. The zero-order valence-corrected chi connectivity index (χ0v) is 18.6. The van der Waals surface area contributed by atoms with E-state index in [9.17, 15) is 14.3 Å². The first-order valence-corrected chi connectivity index (χ1v) is 10.9. The summed E-state index contributed by atoms with van der Waals surface area (Å²) in [6.07, 6.45) is 3.06. The third-order valence-corrected chi connectivity index (χ3v) is 5.48. The van der Waals surface area contributed by atoms with Crippen LogP contribution in [0, 0.1) is 5.82 Å². The molecule has 0 aliphatic rings. The molecule has 0 radical (unpaired) electrons. The highest BCUT2D eigenvalue weighted by Crippen LogP contribution is 2.21. The van der Waals surface area contributed by atoms with Crippen LogP contribution in [-0.2, 0) is 13.6 Å². The van der Waals surface area contributed by atoms with E-state index in [0.717, 1.165) is 17.4 Å². The predicted molar refractivity (Wildman–Crippen MR) is 126 cm³/mol. The lowest BCUT2D eigenvalue weighted by atomic mass is 10.0. The maximum absolute atomic E-state index is 14.1. The van der Waals surface area contributed by atoms with E-state index >= 15 is 0 Å². The van der Waals surface area contributed by atoms with Crippen LogP contribution in [0.1, 0.15) is 34.2 Å². The summed E-state index contributed by atoms with van der Waals surface area (Å²) >= 11 is 0. The van der Waals surface area contributed by atoms with Gasteiger partial charge in [-0.25, -0.2) is 4.39 Å². The summed E-state index contributed by atoms with van der Waals surface area (Å²) in [6.45, 7) is 0.295. The molecule has 1 atom stereocenters. The molecule has 34 heavy (non-hydrogen) atoms. The molecule has 2 aromatic heterocycles. The van der Waals surface area contributed by atoms with Crippen LogP contribution in [0.25, 0.3) is 11.4 Å². The number of carbonyl (C=O) groups excluding carboxylic acids is 1. The molecule has 0 unspecified atom stereocenters. The van der Waals surface area contributed by atoms with E-state index in [4.69, 9.17) is 0 Å². The van der Waals surface area contributed by atoms with Crippen LogP contribution in [-0.4, -0.2) is 37.4 Å². The number of carbonyl (C=O) groups is 1. The van der Waals surface area contributed by atoms with Gasteiger partial charge in [0.15, 0.2) is 17.5 Å². The van der Waals surface area contributed by atoms with Crippen molar-refractivity contribution in [3.63, 3.8) is 0 Å². The third kappa shape index (κ3) is 5.26. The summed E-state index contributed by atoms with van der Waals surface area (Å²) < 4.78 is 15.8. The van der Waals surface area contributed by atoms with Gasteiger partial charge in [-0.05, 0) is 36.2 Å². The second-order valence-corrected chi connectivity index (χ2v) is 7.74. The van der Waals surface area contributed by atoms with Crippen LogP contribution in [0.4, 0.5) is 10.1 Å². The molecule has 0 saturated heterocycles. The number of nitrogens with zero attached hydrogens (tertiary/aromatic N) is 4. The summed E-state index contributed by atoms with van der Waals surface area (Å²) in [5, 5.41) is 23.9. The summed E-state index contributed by atoms with van der Waals surface area (Å²) in [4.78, 5) is 16.6. The van der Waals surface area contributed by atoms with Gasteiger partial charge in [0.25, 0.3) is 5.91 Å². The molecule has 0 saturated carbocycles. The Morgan fingerprint density at radius 3 is 2.71 bits per heavy atom. The zero-order valence-electron chi connectivity index (χ0n) is 18.6. The van der Waals surface area contributed by atoms with Crippen LogP contribution >= 0.6 is 0 Å². The topological polar surface area (TPSA) is 105 Å². The molecule has 2 aromatic carbocycles. The van der Waals surface area contributed by atoms with E-state index in [1.807, 2.05) is 36.4 Å². The number of halogens is 1. The molecule has 0 fully saturated rings. The molecule has 0 aliphatic carbocycles. The second kappa shape index (κ2) is 10.7. The van der Waals surface area contributed by atoms with Gasteiger partial charge in [-0.1, -0.05) is 36.4 Å². The maximum Gasteiger partial charge on any atom is 0.251 e. The van der Waals surface area contributed by atoms with Crippen LogP contribution in [0.3, 0.4) is 0 Å². The zero-order chi connectivity index (χ0) is 23.9. The first kappa shape index (κ1) is 23.1. The van der Waals surface area contributed by atoms with Crippen molar-refractivity contribution in [1.29, 1.82) is 0 Å². The average molecular weight is 461 g/mol. The highest BCUT2D eigenvalue weighted by Gasteiger charge is 2.17. The average Bonchev–Trinajstić information content (AvgIpc) is 3.23. The summed E-state index contributed by atoms with van der Waals surface area (Å²) in [7, 11) is 1.76. The van der Waals surface area contributed by atoms with Crippen molar-refractivity contribution in [1.82, 2.24) is 25.1 Å². The normalized spacial score (nSPS) is 11.7. The molecule has 0 spiro atoms. The number of rotatable bonds is 9. The number of nitrogens with one attached hydrogen (secondary N) is 2. The van der Waals surface area contributed by atoms with Crippen LogP contribution in [0.2, 0.25) is 0 Å². The van der Waals surface area contributed by atoms with Gasteiger partial charge >= 0.3 is 0 Å². The van der Waals surface area contributed by atoms with Gasteiger partial charge in [-0.2, -0.15) is 0 Å². The Balaban J connectivity index is 1.44. The van der Waals surface area contributed by atoms with E-state index in [1.54, 1.807) is 35.9 Å². The lowest BCUT2D eigenvalue weighted by Gasteiger charge is -2.18. The highest BCUT2D eigenvalue weighted by atomic mass is 19.1. The molecule has 0 aliphatic heterocycles. The Morgan fingerprint density at radius 1 is 1.12 bits per heavy atom. The first-order chi connectivity index (χ1) is 16.6. The number of aliphatic hydroxyl groups is 1. The molecule has 0 bridgehead atoms. The monoisotopic (exact) mass is 460 g/mol. The summed E-state index contributed by atoms with van der Waals surface area (Å²) in [5.41, 5.74) is 2.47. The fourth-order valence-corrected chi connectivity index (χ4v) is 3.64. The molecule has 8 nitrogen and oxygen atoms in total. The van der Waals surface area contributed by atoms with Crippen molar-refractivity contribution >= 4 is 11.6 Å². The van der Waals surface area contributed by atoms with Crippen molar-refractivity contribution in [2.75, 3.05) is 11.9 Å². The maximum atomic E-state index is 14.1. The number of anilines is 1. The molecule has 1 amide bonds. The molecule has 9 heteroatoms. The van der Waals surface area contributed by atoms with Crippen molar-refractivity contribution in [3.05, 3.63) is 95.8 Å². The van der Waals surface area contributed by atoms with Gasteiger partial charge in [0.05, 0.1) is 24.3 Å². The van der Waals surface area contributed by atoms with Crippen molar-refractivity contribution in [3.8, 4) is 11.4 Å². The summed E-state index contributed by atoms with van der Waals surface area (Å²) in [5.74, 6) is 0.306. The smallest absolute Gasteiger partial charge is 0.251 e. The SMILES string of the molecule is Cn1c(CNc2cccc(C(=O)N[C@H](CCO)c3ccccc3)c2)nnc1-c1ccncc1F. The van der Waals surface area contributed by atoms with Crippen LogP contribution in [0.5, 0.6) is 0 Å².